The van der Waals surface area contributed by atoms with Crippen molar-refractivity contribution in [2.24, 2.45) is 5.92 Å². The van der Waals surface area contributed by atoms with Crippen LogP contribution in [0.4, 0.5) is 0 Å². The van der Waals surface area contributed by atoms with E-state index < -0.39 is 41.8 Å². The maximum absolute atomic E-state index is 13.6. The summed E-state index contributed by atoms with van der Waals surface area (Å²) in [5.41, 5.74) is 2.50. The van der Waals surface area contributed by atoms with Gasteiger partial charge in [0, 0.05) is 31.5 Å². The first-order valence-corrected chi connectivity index (χ1v) is 14.0. The van der Waals surface area contributed by atoms with Crippen LogP contribution in [0.3, 0.4) is 0 Å². The molecule has 4 rings (SSSR count). The molecule has 42 heavy (non-hydrogen) atoms. The lowest BCUT2D eigenvalue weighted by molar-refractivity contribution is -0.135. The van der Waals surface area contributed by atoms with Gasteiger partial charge in [-0.15, -0.1) is 0 Å². The van der Waals surface area contributed by atoms with Crippen LogP contribution in [0.1, 0.15) is 29.5 Å². The quantitative estimate of drug-likeness (QED) is 0.201. The van der Waals surface area contributed by atoms with E-state index in [1.807, 2.05) is 91.0 Å². The SMILES string of the molecule is O=C(/C=C/c1ccccc1)N[C@@H](Cc1ccccc1)C(=O)N[C@@H](C[C@@H]1CCNC1=O)[C@H](O)C(=O)NCc1ccccc1. The fraction of sp³-hybridized carbons (Fsp3) is 0.273. The summed E-state index contributed by atoms with van der Waals surface area (Å²) in [7, 11) is 0. The number of rotatable bonds is 13. The van der Waals surface area contributed by atoms with E-state index in [-0.39, 0.29) is 25.3 Å². The van der Waals surface area contributed by atoms with Crippen molar-refractivity contribution < 1.29 is 24.3 Å². The molecule has 9 heteroatoms. The summed E-state index contributed by atoms with van der Waals surface area (Å²) in [4.78, 5) is 51.8. The van der Waals surface area contributed by atoms with Gasteiger partial charge < -0.3 is 26.4 Å². The molecule has 0 aromatic heterocycles. The van der Waals surface area contributed by atoms with E-state index in [4.69, 9.17) is 0 Å². The van der Waals surface area contributed by atoms with Crippen LogP contribution in [-0.4, -0.2) is 53.5 Å². The van der Waals surface area contributed by atoms with Gasteiger partial charge in [0.05, 0.1) is 6.04 Å². The Balaban J connectivity index is 1.49. The standard InChI is InChI=1S/C33H36N4O5/c38-29(17-16-23-10-4-1-5-11-23)36-28(20-24-12-6-2-7-13-24)32(41)37-27(21-26-18-19-34-31(26)40)30(39)33(42)35-22-25-14-8-3-9-15-25/h1-17,26-28,30,39H,18-22H2,(H,34,40)(H,35,42)(H,36,38)(H,37,41)/b17-16+/t26-,27-,28-,30-/m0/s1. The zero-order valence-corrected chi connectivity index (χ0v) is 23.2. The molecule has 1 saturated heterocycles. The molecule has 4 amide bonds. The van der Waals surface area contributed by atoms with Gasteiger partial charge in [0.15, 0.2) is 6.10 Å². The summed E-state index contributed by atoms with van der Waals surface area (Å²) in [6, 6.07) is 25.7. The van der Waals surface area contributed by atoms with Crippen LogP contribution < -0.4 is 21.3 Å². The topological polar surface area (TPSA) is 137 Å². The molecular formula is C33H36N4O5. The van der Waals surface area contributed by atoms with Gasteiger partial charge >= 0.3 is 0 Å². The van der Waals surface area contributed by atoms with Crippen molar-refractivity contribution in [3.63, 3.8) is 0 Å². The first-order chi connectivity index (χ1) is 20.4. The Kier molecular flexibility index (Phi) is 11.0. The van der Waals surface area contributed by atoms with Crippen molar-refractivity contribution >= 4 is 29.7 Å². The Hall–Kier alpha value is -4.76. The van der Waals surface area contributed by atoms with Gasteiger partial charge in [0.2, 0.25) is 17.7 Å². The first kappa shape index (κ1) is 30.2. The Bertz CT molecular complexity index is 1360. The molecule has 3 aromatic carbocycles. The second-order valence-electron chi connectivity index (χ2n) is 10.3. The molecule has 4 atom stereocenters. The zero-order valence-electron chi connectivity index (χ0n) is 23.2. The zero-order chi connectivity index (χ0) is 29.7. The van der Waals surface area contributed by atoms with Gasteiger partial charge in [-0.2, -0.15) is 0 Å². The number of nitrogens with one attached hydrogen (secondary N) is 4. The highest BCUT2D eigenvalue weighted by Gasteiger charge is 2.35. The lowest BCUT2D eigenvalue weighted by Crippen LogP contribution is -2.56. The van der Waals surface area contributed by atoms with Crippen molar-refractivity contribution in [1.82, 2.24) is 21.3 Å². The van der Waals surface area contributed by atoms with E-state index in [0.717, 1.165) is 16.7 Å². The van der Waals surface area contributed by atoms with Gasteiger partial charge in [0.25, 0.3) is 5.91 Å². The Morgan fingerprint density at radius 2 is 1.48 bits per heavy atom. The fourth-order valence-corrected chi connectivity index (χ4v) is 4.81. The van der Waals surface area contributed by atoms with Crippen LogP contribution >= 0.6 is 0 Å². The number of benzene rings is 3. The van der Waals surface area contributed by atoms with E-state index in [9.17, 15) is 24.3 Å². The van der Waals surface area contributed by atoms with Crippen LogP contribution in [0.2, 0.25) is 0 Å². The highest BCUT2D eigenvalue weighted by atomic mass is 16.3. The monoisotopic (exact) mass is 568 g/mol. The fourth-order valence-electron chi connectivity index (χ4n) is 4.81. The van der Waals surface area contributed by atoms with Crippen molar-refractivity contribution in [3.05, 3.63) is 114 Å². The van der Waals surface area contributed by atoms with Crippen molar-refractivity contribution in [2.45, 2.75) is 44.0 Å². The largest absolute Gasteiger partial charge is 0.381 e. The van der Waals surface area contributed by atoms with Crippen LogP contribution in [-0.2, 0) is 32.1 Å². The minimum atomic E-state index is -1.61. The molecule has 1 heterocycles. The summed E-state index contributed by atoms with van der Waals surface area (Å²) in [6.45, 7) is 0.683. The third-order valence-corrected chi connectivity index (χ3v) is 7.13. The number of hydrogen-bond acceptors (Lipinski definition) is 5. The summed E-state index contributed by atoms with van der Waals surface area (Å²) in [5.74, 6) is -2.37. The van der Waals surface area contributed by atoms with E-state index in [1.165, 1.54) is 6.08 Å². The Labute approximate surface area is 245 Å². The number of aliphatic hydroxyl groups is 1. The second kappa shape index (κ2) is 15.3. The highest BCUT2D eigenvalue weighted by Crippen LogP contribution is 2.19. The minimum absolute atomic E-state index is 0.0669. The van der Waals surface area contributed by atoms with E-state index in [1.54, 1.807) is 6.08 Å². The van der Waals surface area contributed by atoms with Crippen LogP contribution in [0.25, 0.3) is 6.08 Å². The van der Waals surface area contributed by atoms with Gasteiger partial charge in [-0.05, 0) is 35.6 Å². The number of carbonyl (C=O) groups excluding carboxylic acids is 4. The molecule has 0 radical (unpaired) electrons. The lowest BCUT2D eigenvalue weighted by atomic mass is 9.94. The summed E-state index contributed by atoms with van der Waals surface area (Å²) in [6.07, 6.45) is 2.17. The Morgan fingerprint density at radius 3 is 2.10 bits per heavy atom. The van der Waals surface area contributed by atoms with Gasteiger partial charge in [-0.25, -0.2) is 0 Å². The average molecular weight is 569 g/mol. The van der Waals surface area contributed by atoms with Crippen LogP contribution in [0.15, 0.2) is 97.1 Å². The number of amides is 4. The van der Waals surface area contributed by atoms with Gasteiger partial charge in [-0.1, -0.05) is 91.0 Å². The smallest absolute Gasteiger partial charge is 0.251 e. The summed E-state index contributed by atoms with van der Waals surface area (Å²) in [5, 5.41) is 22.0. The normalized spacial score (nSPS) is 16.7. The molecule has 1 fully saturated rings. The number of aliphatic hydroxyl groups excluding tert-OH is 1. The van der Waals surface area contributed by atoms with Crippen LogP contribution in [0.5, 0.6) is 0 Å². The molecule has 218 valence electrons. The van der Waals surface area contributed by atoms with Gasteiger partial charge in [-0.3, -0.25) is 19.2 Å². The predicted octanol–water partition coefficient (Wildman–Crippen LogP) is 2.12. The molecule has 0 spiro atoms. The highest BCUT2D eigenvalue weighted by molar-refractivity contribution is 5.96. The number of hydrogen-bond donors (Lipinski definition) is 5. The Morgan fingerprint density at radius 1 is 0.857 bits per heavy atom. The molecule has 1 aliphatic heterocycles. The third kappa shape index (κ3) is 9.14. The number of carbonyl (C=O) groups is 4. The minimum Gasteiger partial charge on any atom is -0.381 e. The van der Waals surface area contributed by atoms with E-state index in [2.05, 4.69) is 21.3 Å². The van der Waals surface area contributed by atoms with E-state index >= 15 is 0 Å². The first-order valence-electron chi connectivity index (χ1n) is 14.0. The second-order valence-corrected chi connectivity index (χ2v) is 10.3. The molecular weight excluding hydrogens is 532 g/mol. The molecule has 1 aliphatic rings. The van der Waals surface area contributed by atoms with Crippen molar-refractivity contribution in [1.29, 1.82) is 0 Å². The van der Waals surface area contributed by atoms with Crippen molar-refractivity contribution in [3.8, 4) is 0 Å². The maximum atomic E-state index is 13.6. The average Bonchev–Trinajstić information content (AvgIpc) is 3.43. The molecule has 0 aliphatic carbocycles. The van der Waals surface area contributed by atoms with E-state index in [0.29, 0.717) is 13.0 Å². The summed E-state index contributed by atoms with van der Waals surface area (Å²) < 4.78 is 0. The molecule has 3 aromatic rings. The maximum Gasteiger partial charge on any atom is 0.251 e. The van der Waals surface area contributed by atoms with Gasteiger partial charge in [0.1, 0.15) is 6.04 Å². The third-order valence-electron chi connectivity index (χ3n) is 7.13. The van der Waals surface area contributed by atoms with Crippen molar-refractivity contribution in [2.75, 3.05) is 6.54 Å². The molecule has 0 unspecified atom stereocenters. The molecule has 9 nitrogen and oxygen atoms in total. The predicted molar refractivity (Wildman–Crippen MR) is 160 cm³/mol. The molecule has 5 N–H and O–H groups in total. The van der Waals surface area contributed by atoms with Crippen LogP contribution in [0, 0.1) is 5.92 Å². The molecule has 0 bridgehead atoms. The summed E-state index contributed by atoms with van der Waals surface area (Å²) >= 11 is 0. The molecule has 0 saturated carbocycles. The lowest BCUT2D eigenvalue weighted by Gasteiger charge is -2.28.